The van der Waals surface area contributed by atoms with Crippen LogP contribution in [0.4, 0.5) is 9.59 Å². The van der Waals surface area contributed by atoms with Crippen molar-refractivity contribution >= 4 is 24.2 Å². The molecule has 20 nitrogen and oxygen atoms in total. The molecule has 0 fully saturated rings. The highest BCUT2D eigenvalue weighted by atomic mass is 127. The molecule has 4 aromatic rings. The van der Waals surface area contributed by atoms with Gasteiger partial charge in [-0.05, 0) is 110 Å². The number of benzene rings is 4. The summed E-state index contributed by atoms with van der Waals surface area (Å²) in [6.07, 6.45) is 0.0218. The van der Waals surface area contributed by atoms with Gasteiger partial charge in [-0.1, -0.05) is 12.1 Å². The first-order valence-corrected chi connectivity index (χ1v) is 27.1. The van der Waals surface area contributed by atoms with Gasteiger partial charge in [0, 0.05) is 36.8 Å². The molecule has 0 aromatic heterocycles. The van der Waals surface area contributed by atoms with Crippen LogP contribution in [0, 0.1) is 0 Å². The van der Waals surface area contributed by atoms with Crippen LogP contribution in [0.15, 0.2) is 60.7 Å². The molecule has 6 atom stereocenters. The minimum absolute atomic E-state index is 0. The normalized spacial score (nSPS) is 18.4. The maximum absolute atomic E-state index is 14.0. The Morgan fingerprint density at radius 1 is 0.451 bits per heavy atom. The number of rotatable bonds is 29. The second-order valence-corrected chi connectivity index (χ2v) is 20.2. The Hall–Kier alpha value is -5.86. The molecule has 0 amide bonds. The average Bonchev–Trinajstić information content (AvgIpc) is 3.52. The minimum atomic E-state index is -1.30. The monoisotopic (exact) mass is 1370 g/mol. The van der Waals surface area contributed by atoms with E-state index in [1.807, 2.05) is 74.8 Å². The molecule has 0 bridgehead atoms. The summed E-state index contributed by atoms with van der Waals surface area (Å²) in [6.45, 7) is 4.90. The van der Waals surface area contributed by atoms with E-state index in [0.717, 1.165) is 33.4 Å². The number of nitrogens with zero attached hydrogens (tertiary/aromatic N) is 2. The van der Waals surface area contributed by atoms with E-state index in [1.165, 1.54) is 0 Å². The average molecular weight is 1370 g/mol. The molecule has 82 heavy (non-hydrogen) atoms. The maximum atomic E-state index is 14.0. The van der Waals surface area contributed by atoms with Crippen LogP contribution in [0.3, 0.4) is 0 Å². The highest BCUT2D eigenvalue weighted by Gasteiger charge is 2.47. The Bertz CT molecular complexity index is 2560. The molecule has 2 heterocycles. The highest BCUT2D eigenvalue weighted by Crippen LogP contribution is 2.45. The van der Waals surface area contributed by atoms with Gasteiger partial charge in [0.25, 0.3) is 12.2 Å². The van der Waals surface area contributed by atoms with Crippen molar-refractivity contribution in [3.05, 3.63) is 94.0 Å². The summed E-state index contributed by atoms with van der Waals surface area (Å²) in [6, 6.07) is 19.0. The van der Waals surface area contributed by atoms with Crippen LogP contribution in [0.1, 0.15) is 85.0 Å². The third-order valence-corrected chi connectivity index (χ3v) is 15.3. The molecule has 6 rings (SSSR count). The molecule has 0 aliphatic carbocycles. The lowest BCUT2D eigenvalue weighted by Gasteiger charge is -2.46. The van der Waals surface area contributed by atoms with Gasteiger partial charge in [0.1, 0.15) is 25.2 Å². The number of hydrogen-bond donors (Lipinski definition) is 0. The fourth-order valence-corrected chi connectivity index (χ4v) is 10.9. The van der Waals surface area contributed by atoms with Crippen molar-refractivity contribution < 1.29 is 142 Å². The van der Waals surface area contributed by atoms with Gasteiger partial charge in [0.15, 0.2) is 46.0 Å². The first-order valence-electron chi connectivity index (χ1n) is 27.1. The van der Waals surface area contributed by atoms with Crippen molar-refractivity contribution in [2.45, 2.75) is 89.5 Å². The van der Waals surface area contributed by atoms with Crippen molar-refractivity contribution in [3.63, 3.8) is 0 Å². The molecule has 0 saturated heterocycles. The van der Waals surface area contributed by atoms with Crippen LogP contribution in [0.5, 0.6) is 46.0 Å². The summed E-state index contributed by atoms with van der Waals surface area (Å²) in [5, 5.41) is 0. The molecule has 2 aliphatic heterocycles. The number of hydrogen-bond acceptors (Lipinski definition) is 18. The van der Waals surface area contributed by atoms with Crippen LogP contribution in [-0.4, -0.2) is 169 Å². The number of unbranched alkanes of at least 4 members (excludes halogenated alkanes) is 3. The summed E-state index contributed by atoms with van der Waals surface area (Å²) in [5.41, 5.74) is 6.09. The van der Waals surface area contributed by atoms with E-state index in [2.05, 4.69) is 0 Å². The van der Waals surface area contributed by atoms with E-state index in [0.29, 0.717) is 119 Å². The van der Waals surface area contributed by atoms with Gasteiger partial charge in [-0.2, -0.15) is 0 Å². The van der Waals surface area contributed by atoms with Gasteiger partial charge in [-0.15, -0.1) is 0 Å². The first kappa shape index (κ1) is 68.6. The molecular formula is C60H82I2N2O18. The van der Waals surface area contributed by atoms with E-state index >= 15 is 0 Å². The predicted molar refractivity (Wildman–Crippen MR) is 294 cm³/mol. The molecular weight excluding hydrogens is 1290 g/mol. The zero-order chi connectivity index (χ0) is 58.0. The van der Waals surface area contributed by atoms with Gasteiger partial charge in [-0.3, -0.25) is 0 Å². The largest absolute Gasteiger partial charge is 1.00 e. The number of quaternary nitrogens is 2. The Labute approximate surface area is 516 Å². The third kappa shape index (κ3) is 17.4. The highest BCUT2D eigenvalue weighted by molar-refractivity contribution is 5.78. The summed E-state index contributed by atoms with van der Waals surface area (Å²) in [5.74, 6) is 3.33. The predicted octanol–water partition coefficient (Wildman–Crippen LogP) is 2.77. The van der Waals surface area contributed by atoms with Crippen molar-refractivity contribution in [1.82, 2.24) is 0 Å². The molecule has 22 heteroatoms. The molecule has 0 saturated carbocycles. The maximum Gasteiger partial charge on any atom is 0.509 e. The molecule has 0 N–H and O–H groups in total. The standard InChI is InChI=1S/C60H82N2O18.2HI/c1-13-75-59(65)79-55(37-61(3)25-23-41-33-51(71-9)53(73-11)35-43(41)45(61)29-39-19-21-47(67-5)49(31-39)69-7)57(63)77-27-17-15-16-18-28-78-58(64)56(80-60(66)76-14-2)38-62(4)26-24-42-34-52(72-10)54(74-12)36-44(42)46(62)30-40-20-22-48(68-6)50(32-40)70-8;;/h19-22,31-36,45-46,55-56H,13-18,23-30,37-38H2,1-12H3;2*1H/q+2;;/p-2. The lowest BCUT2D eigenvalue weighted by Crippen LogP contribution is -3.00. The van der Waals surface area contributed by atoms with Crippen molar-refractivity contribution in [2.75, 3.05) is 124 Å². The SMILES string of the molecule is CCOC(=O)OC(C[N+]1(C)CCc2cc(OC)c(OC)cc2C1Cc1ccc(OC)c(OC)c1)C(=O)OCCCCCCOC(=O)C(C[N+]1(C)CCc2cc(OC)c(OC)cc2C1Cc1ccc(OC)c(OC)c1)OC(=O)OCC.[I-].[I-]. The third-order valence-electron chi connectivity index (χ3n) is 15.3. The van der Waals surface area contributed by atoms with Gasteiger partial charge in [0.05, 0.1) is 110 Å². The fraction of sp³-hybridized carbons (Fsp3) is 0.533. The Kier molecular flexibility index (Phi) is 27.5. The van der Waals surface area contributed by atoms with E-state index in [4.69, 9.17) is 66.3 Å². The number of esters is 2. The van der Waals surface area contributed by atoms with E-state index in [9.17, 15) is 19.2 Å². The first-order chi connectivity index (χ1) is 38.5. The lowest BCUT2D eigenvalue weighted by molar-refractivity contribution is -0.943. The zero-order valence-corrected chi connectivity index (χ0v) is 53.7. The molecule has 0 spiro atoms. The summed E-state index contributed by atoms with van der Waals surface area (Å²) >= 11 is 0. The number of halogens is 2. The number of likely N-dealkylation sites (N-methyl/N-ethyl adjacent to an activating group) is 2. The Morgan fingerprint density at radius 2 is 0.780 bits per heavy atom. The minimum Gasteiger partial charge on any atom is -1.00 e. The van der Waals surface area contributed by atoms with Crippen molar-refractivity contribution in [3.8, 4) is 46.0 Å². The Morgan fingerprint density at radius 3 is 1.11 bits per heavy atom. The molecule has 0 radical (unpaired) electrons. The molecule has 2 aliphatic rings. The smallest absolute Gasteiger partial charge is 0.509 e. The van der Waals surface area contributed by atoms with E-state index in [1.54, 1.807) is 70.7 Å². The van der Waals surface area contributed by atoms with Crippen LogP contribution in [0.2, 0.25) is 0 Å². The molecule has 6 unspecified atom stereocenters. The number of carbonyl (C=O) groups is 4. The van der Waals surface area contributed by atoms with Crippen molar-refractivity contribution in [2.24, 2.45) is 0 Å². The summed E-state index contributed by atoms with van der Waals surface area (Å²) < 4.78 is 79.2. The second-order valence-electron chi connectivity index (χ2n) is 20.2. The second kappa shape index (κ2) is 32.8. The molecule has 454 valence electrons. The van der Waals surface area contributed by atoms with Gasteiger partial charge in [-0.25, -0.2) is 19.2 Å². The number of ether oxygens (including phenoxy) is 14. The van der Waals surface area contributed by atoms with Crippen LogP contribution >= 0.6 is 0 Å². The van der Waals surface area contributed by atoms with Gasteiger partial charge < -0.3 is 123 Å². The topological polar surface area (TPSA) is 197 Å². The number of carbonyl (C=O) groups excluding carboxylic acids is 4. The van der Waals surface area contributed by atoms with Crippen molar-refractivity contribution in [1.29, 1.82) is 0 Å². The number of methoxy groups -OCH3 is 8. The van der Waals surface area contributed by atoms with Crippen LogP contribution in [0.25, 0.3) is 0 Å². The van der Waals surface area contributed by atoms with Crippen LogP contribution in [-0.2, 0) is 63.7 Å². The molecule has 4 aromatic carbocycles. The summed E-state index contributed by atoms with van der Waals surface area (Å²) in [7, 11) is 16.8. The van der Waals surface area contributed by atoms with Gasteiger partial charge >= 0.3 is 24.2 Å². The van der Waals surface area contributed by atoms with Crippen LogP contribution < -0.4 is 85.8 Å². The van der Waals surface area contributed by atoms with E-state index < -0.39 is 36.5 Å². The summed E-state index contributed by atoms with van der Waals surface area (Å²) in [4.78, 5) is 53.9. The quantitative estimate of drug-likeness (QED) is 0.0253. The van der Waals surface area contributed by atoms with E-state index in [-0.39, 0.29) is 99.6 Å². The number of fused-ring (bicyclic) bond motifs is 2. The van der Waals surface area contributed by atoms with Gasteiger partial charge in [0.2, 0.25) is 0 Å². The Balaban J connectivity index is 0.00000722. The fourth-order valence-electron chi connectivity index (χ4n) is 10.9. The zero-order valence-electron chi connectivity index (χ0n) is 49.4. The lowest BCUT2D eigenvalue weighted by atomic mass is 9.86.